The number of pyridine rings is 1. The first-order valence-electron chi connectivity index (χ1n) is 22.2. The topological polar surface area (TPSA) is 323 Å². The number of anilines is 1. The number of urea groups is 1. The molecule has 3 aromatic heterocycles. The number of β-lactam (4-membered cyclic amide) rings is 1. The summed E-state index contributed by atoms with van der Waals surface area (Å²) in [6, 6.07) is 16.6. The van der Waals surface area contributed by atoms with E-state index in [9.17, 15) is 47.4 Å². The summed E-state index contributed by atoms with van der Waals surface area (Å²) in [5.41, 5.74) is -4.26. The molecule has 2 atom stereocenters. The number of aliphatic hydroxyl groups excluding tert-OH is 2. The van der Waals surface area contributed by atoms with Crippen LogP contribution in [0.1, 0.15) is 72.2 Å². The third-order valence-corrected chi connectivity index (χ3v) is 11.6. The molecule has 6 rings (SSSR count). The van der Waals surface area contributed by atoms with Crippen LogP contribution in [-0.2, 0) is 58.7 Å². The zero-order chi connectivity index (χ0) is 53.5. The molecular weight excluding hydrogens is 997 g/mol. The normalized spacial score (nSPS) is 14.6. The standard InChI is InChI=1S/C46H54N10O15S2/c1-44(2,3)69-39(61)46(7,8)71-52-35(32-26-72-40(49-32)50-42(63)70-45(4,5)6)37(59)48-31-22-55(38(31)60)41(62)53-73(65,66)56-43(64)54(21-29(58)23-57)36(51-56)30-19-33(67-24-27-15-11-9-12-16-27)34(20-47-30)68-25-28-17-13-10-14-18-28/h9-20,26,29,31,57-58H,21-25H2,1-8H3,(H,48,59)(H,53,62)(H,49,50,63)/t29-,31+/m1/s1. The highest BCUT2D eigenvalue weighted by Gasteiger charge is 2.44. The molecule has 0 radical (unpaired) electrons. The molecule has 5 aromatic rings. The highest BCUT2D eigenvalue weighted by atomic mass is 32.2. The number of nitrogens with one attached hydrogen (secondary N) is 3. The van der Waals surface area contributed by atoms with Crippen LogP contribution >= 0.6 is 11.3 Å². The molecule has 4 heterocycles. The number of thiazole rings is 1. The molecule has 0 unspecified atom stereocenters. The van der Waals surface area contributed by atoms with E-state index in [0.717, 1.165) is 22.5 Å². The van der Waals surface area contributed by atoms with Crippen LogP contribution < -0.4 is 30.5 Å². The average molecular weight is 1050 g/mol. The number of amides is 5. The highest BCUT2D eigenvalue weighted by Crippen LogP contribution is 2.32. The van der Waals surface area contributed by atoms with Crippen LogP contribution in [0.15, 0.2) is 88.3 Å². The largest absolute Gasteiger partial charge is 0.485 e. The van der Waals surface area contributed by atoms with E-state index < -0.39 is 106 Å². The SMILES string of the molecule is CC(C)(C)OC(=O)Nc1nc(C(=NOC(C)(C)C(=O)OC(C)(C)C)C(=O)N[C@H]2CN(C(=O)NS(=O)(=O)n3nc(-c4cc(OCc5ccccc5)c(OCc5ccccc5)cn4)n(C[C@@H](O)CO)c3=O)C2=O)cs1. The Kier molecular flexibility index (Phi) is 16.7. The quantitative estimate of drug-likeness (QED) is 0.0343. The van der Waals surface area contributed by atoms with Crippen molar-refractivity contribution in [1.82, 2.24) is 38.7 Å². The Bertz CT molecular complexity index is 3040. The lowest BCUT2D eigenvalue weighted by atomic mass is 10.1. The number of oxime groups is 1. The van der Waals surface area contributed by atoms with Gasteiger partial charge >= 0.3 is 34.0 Å². The molecule has 0 saturated carbocycles. The number of rotatable bonds is 19. The van der Waals surface area contributed by atoms with Gasteiger partial charge in [0.05, 0.1) is 32.0 Å². The van der Waals surface area contributed by atoms with E-state index in [1.54, 1.807) is 46.3 Å². The summed E-state index contributed by atoms with van der Waals surface area (Å²) in [6.45, 7) is 10.5. The van der Waals surface area contributed by atoms with Crippen LogP contribution in [0, 0.1) is 0 Å². The van der Waals surface area contributed by atoms with E-state index in [1.165, 1.54) is 31.5 Å². The van der Waals surface area contributed by atoms with Crippen LogP contribution in [-0.4, -0.2) is 125 Å². The number of imide groups is 1. The van der Waals surface area contributed by atoms with Crippen molar-refractivity contribution in [1.29, 1.82) is 0 Å². The number of carbonyl (C=O) groups excluding carboxylic acids is 5. The molecule has 0 bridgehead atoms. The third kappa shape index (κ3) is 14.5. The Morgan fingerprint density at radius 2 is 1.49 bits per heavy atom. The first-order chi connectivity index (χ1) is 34.2. The minimum absolute atomic E-state index is 0.0310. The number of hydrogen-bond acceptors (Lipinski definition) is 20. The van der Waals surface area contributed by atoms with Gasteiger partial charge < -0.3 is 39.3 Å². The van der Waals surface area contributed by atoms with Crippen molar-refractivity contribution in [2.75, 3.05) is 18.5 Å². The van der Waals surface area contributed by atoms with Gasteiger partial charge in [0.15, 0.2) is 28.2 Å². The van der Waals surface area contributed by atoms with Crippen LogP contribution in [0.25, 0.3) is 11.5 Å². The van der Waals surface area contributed by atoms with E-state index in [0.29, 0.717) is 9.47 Å². The van der Waals surface area contributed by atoms with Crippen molar-refractivity contribution in [3.8, 4) is 23.0 Å². The van der Waals surface area contributed by atoms with Crippen LogP contribution in [0.5, 0.6) is 11.5 Å². The summed E-state index contributed by atoms with van der Waals surface area (Å²) in [5, 5.41) is 34.0. The van der Waals surface area contributed by atoms with Crippen molar-refractivity contribution < 1.29 is 66.4 Å². The van der Waals surface area contributed by atoms with Gasteiger partial charge in [-0.25, -0.2) is 33.9 Å². The number of ether oxygens (including phenoxy) is 4. The average Bonchev–Trinajstić information content (AvgIpc) is 3.91. The van der Waals surface area contributed by atoms with Crippen molar-refractivity contribution >= 4 is 62.3 Å². The van der Waals surface area contributed by atoms with Gasteiger partial charge in [0.2, 0.25) is 5.60 Å². The second-order valence-corrected chi connectivity index (χ2v) is 20.9. The smallest absolute Gasteiger partial charge is 0.413 e. The molecule has 1 fully saturated rings. The van der Waals surface area contributed by atoms with Gasteiger partial charge in [0.25, 0.3) is 11.8 Å². The molecule has 0 spiro atoms. The van der Waals surface area contributed by atoms with Crippen molar-refractivity contribution in [3.63, 3.8) is 0 Å². The van der Waals surface area contributed by atoms with E-state index in [-0.39, 0.29) is 45.3 Å². The summed E-state index contributed by atoms with van der Waals surface area (Å²) in [4.78, 5) is 94.2. The van der Waals surface area contributed by atoms with Crippen LogP contribution in [0.4, 0.5) is 14.7 Å². The van der Waals surface area contributed by atoms with Gasteiger partial charge in [0, 0.05) is 11.4 Å². The van der Waals surface area contributed by atoms with E-state index in [1.807, 2.05) is 60.7 Å². The maximum Gasteiger partial charge on any atom is 0.413 e. The molecular formula is C46H54N10O15S2. The maximum atomic E-state index is 13.8. The molecule has 27 heteroatoms. The number of aliphatic hydroxyl groups is 2. The zero-order valence-corrected chi connectivity index (χ0v) is 42.5. The number of aromatic nitrogens is 5. The Balaban J connectivity index is 1.21. The number of carbonyl (C=O) groups is 5. The summed E-state index contributed by atoms with van der Waals surface area (Å²) >= 11 is 0.868. The summed E-state index contributed by atoms with van der Waals surface area (Å²) in [6.07, 6.45) is -1.19. The predicted molar refractivity (Wildman–Crippen MR) is 260 cm³/mol. The van der Waals surface area contributed by atoms with Gasteiger partial charge in [-0.15, -0.1) is 16.4 Å². The molecule has 0 aliphatic carbocycles. The molecule has 1 saturated heterocycles. The Labute approximate surface area is 422 Å². The van der Waals surface area contributed by atoms with Crippen molar-refractivity contribution in [2.45, 2.75) is 104 Å². The van der Waals surface area contributed by atoms with Crippen molar-refractivity contribution in [2.24, 2.45) is 5.16 Å². The minimum Gasteiger partial charge on any atom is -0.485 e. The molecule has 2 aromatic carbocycles. The number of hydrogen-bond donors (Lipinski definition) is 5. The Morgan fingerprint density at radius 1 is 0.890 bits per heavy atom. The lowest BCUT2D eigenvalue weighted by molar-refractivity contribution is -0.179. The molecule has 390 valence electrons. The number of benzene rings is 2. The fourth-order valence-corrected chi connectivity index (χ4v) is 7.77. The molecule has 1 aliphatic heterocycles. The molecule has 1 aliphatic rings. The monoisotopic (exact) mass is 1050 g/mol. The van der Waals surface area contributed by atoms with Crippen molar-refractivity contribution in [3.05, 3.63) is 106 Å². The van der Waals surface area contributed by atoms with Crippen LogP contribution in [0.2, 0.25) is 0 Å². The first-order valence-corrected chi connectivity index (χ1v) is 24.5. The summed E-state index contributed by atoms with van der Waals surface area (Å²) in [7, 11) is -5.29. The predicted octanol–water partition coefficient (Wildman–Crippen LogP) is 3.09. The van der Waals surface area contributed by atoms with Gasteiger partial charge in [-0.1, -0.05) is 69.9 Å². The van der Waals surface area contributed by atoms with E-state index in [2.05, 4.69) is 30.9 Å². The fourth-order valence-electron chi connectivity index (χ4n) is 6.18. The second-order valence-electron chi connectivity index (χ2n) is 18.6. The molecule has 5 N–H and O–H groups in total. The number of esters is 1. The lowest BCUT2D eigenvalue weighted by Crippen LogP contribution is -2.68. The maximum absolute atomic E-state index is 13.8. The lowest BCUT2D eigenvalue weighted by Gasteiger charge is -2.36. The summed E-state index contributed by atoms with van der Waals surface area (Å²) in [5.74, 6) is -3.22. The Morgan fingerprint density at radius 3 is 2.07 bits per heavy atom. The molecule has 25 nitrogen and oxygen atoms in total. The molecule has 73 heavy (non-hydrogen) atoms. The van der Waals surface area contributed by atoms with Gasteiger partial charge in [-0.05, 0) is 66.5 Å². The number of nitrogens with zero attached hydrogens (tertiary/aromatic N) is 7. The van der Waals surface area contributed by atoms with E-state index >= 15 is 0 Å². The Hall–Kier alpha value is -7.75. The number of likely N-dealkylation sites (tertiary alicyclic amines) is 1. The van der Waals surface area contributed by atoms with Gasteiger partial charge in [-0.3, -0.25) is 24.4 Å². The van der Waals surface area contributed by atoms with Crippen LogP contribution in [0.3, 0.4) is 0 Å². The minimum atomic E-state index is -5.29. The van der Waals surface area contributed by atoms with E-state index in [4.69, 9.17) is 23.8 Å². The van der Waals surface area contributed by atoms with Gasteiger partial charge in [0.1, 0.15) is 41.8 Å². The zero-order valence-electron chi connectivity index (χ0n) is 40.8. The fraction of sp³-hybridized carbons (Fsp3) is 0.391. The third-order valence-electron chi connectivity index (χ3n) is 9.72. The van der Waals surface area contributed by atoms with Gasteiger partial charge in [-0.2, -0.15) is 8.42 Å². The first kappa shape index (κ1) is 54.6. The summed E-state index contributed by atoms with van der Waals surface area (Å²) < 4.78 is 52.5. The highest BCUT2D eigenvalue weighted by molar-refractivity contribution is 7.88. The molecule has 5 amide bonds. The second kappa shape index (κ2) is 22.3.